The van der Waals surface area contributed by atoms with Crippen LogP contribution in [0.25, 0.3) is 0 Å². The van der Waals surface area contributed by atoms with Gasteiger partial charge in [-0.3, -0.25) is 0 Å². The van der Waals surface area contributed by atoms with Crippen LogP contribution in [0.5, 0.6) is 11.5 Å². The molecule has 0 bridgehead atoms. The normalized spacial score (nSPS) is 21.5. The lowest BCUT2D eigenvalue weighted by atomic mass is 9.97. The standard InChI is InChI=1S/C23H27N2O5/c1-5-17-12-24-18-9-14(3)15(4)10-19(18)25(17,23(27)28-6-2)22(26)16-7-8-20-21(11-16)30-13-29-20/h7-11,17,24H,5-6,12-13H2,1-4H3/q+1. The minimum Gasteiger partial charge on any atom is -0.454 e. The Morgan fingerprint density at radius 1 is 1.10 bits per heavy atom. The molecule has 0 saturated heterocycles. The highest BCUT2D eigenvalue weighted by Crippen LogP contribution is 2.44. The van der Waals surface area contributed by atoms with Gasteiger partial charge < -0.3 is 19.5 Å². The fourth-order valence-corrected chi connectivity index (χ4v) is 4.28. The number of amides is 2. The van der Waals surface area contributed by atoms with Crippen molar-refractivity contribution in [3.8, 4) is 11.5 Å². The zero-order valence-corrected chi connectivity index (χ0v) is 17.8. The highest BCUT2D eigenvalue weighted by Gasteiger charge is 2.58. The number of imide groups is 1. The third kappa shape index (κ3) is 2.92. The quantitative estimate of drug-likeness (QED) is 0.748. The van der Waals surface area contributed by atoms with E-state index in [9.17, 15) is 9.59 Å². The van der Waals surface area contributed by atoms with Crippen LogP contribution in [0.3, 0.4) is 0 Å². The van der Waals surface area contributed by atoms with E-state index in [0.717, 1.165) is 16.8 Å². The maximum atomic E-state index is 14.1. The molecule has 2 atom stereocenters. The van der Waals surface area contributed by atoms with Gasteiger partial charge in [0.1, 0.15) is 6.04 Å². The van der Waals surface area contributed by atoms with Crippen molar-refractivity contribution in [1.29, 1.82) is 0 Å². The van der Waals surface area contributed by atoms with Crippen LogP contribution in [0.15, 0.2) is 30.3 Å². The molecule has 158 valence electrons. The number of hydrogen-bond acceptors (Lipinski definition) is 6. The Morgan fingerprint density at radius 3 is 2.57 bits per heavy atom. The van der Waals surface area contributed by atoms with Crippen molar-refractivity contribution in [1.82, 2.24) is 4.48 Å². The van der Waals surface area contributed by atoms with Gasteiger partial charge >= 0.3 is 12.0 Å². The zero-order valence-electron chi connectivity index (χ0n) is 17.8. The van der Waals surface area contributed by atoms with Gasteiger partial charge in [-0.1, -0.05) is 6.92 Å². The number of rotatable bonds is 3. The lowest BCUT2D eigenvalue weighted by Crippen LogP contribution is -2.68. The highest BCUT2D eigenvalue weighted by molar-refractivity contribution is 6.16. The Bertz CT molecular complexity index is 1020. The second-order valence-corrected chi connectivity index (χ2v) is 7.69. The van der Waals surface area contributed by atoms with Gasteiger partial charge in [0.25, 0.3) is 0 Å². The summed E-state index contributed by atoms with van der Waals surface area (Å²) in [5.41, 5.74) is 3.89. The number of aryl methyl sites for hydroxylation is 2. The summed E-state index contributed by atoms with van der Waals surface area (Å²) in [7, 11) is 0. The largest absolute Gasteiger partial charge is 0.529 e. The van der Waals surface area contributed by atoms with E-state index in [4.69, 9.17) is 14.2 Å². The minimum absolute atomic E-state index is 0.119. The number of quaternary nitrogens is 1. The number of benzene rings is 2. The molecule has 2 aromatic rings. The van der Waals surface area contributed by atoms with E-state index < -0.39 is 10.6 Å². The Labute approximate surface area is 176 Å². The molecule has 0 aromatic heterocycles. The molecule has 1 N–H and O–H groups in total. The summed E-state index contributed by atoms with van der Waals surface area (Å²) < 4.78 is 15.8. The molecule has 0 aliphatic carbocycles. The zero-order chi connectivity index (χ0) is 21.5. The van der Waals surface area contributed by atoms with Crippen molar-refractivity contribution < 1.29 is 23.8 Å². The molecule has 7 heteroatoms. The van der Waals surface area contributed by atoms with Gasteiger partial charge in [0.15, 0.2) is 17.2 Å². The number of nitrogens with zero attached hydrogens (tertiary/aromatic N) is 1. The molecule has 2 heterocycles. The molecule has 2 unspecified atom stereocenters. The van der Waals surface area contributed by atoms with Crippen LogP contribution in [0.1, 0.15) is 41.8 Å². The fourth-order valence-electron chi connectivity index (χ4n) is 4.28. The predicted octanol–water partition coefficient (Wildman–Crippen LogP) is 4.54. The molecule has 0 spiro atoms. The van der Waals surface area contributed by atoms with Gasteiger partial charge in [0.2, 0.25) is 6.79 Å². The average Bonchev–Trinajstić information content (AvgIpc) is 3.21. The minimum atomic E-state index is -0.557. The molecule has 0 radical (unpaired) electrons. The van der Waals surface area contributed by atoms with Crippen molar-refractivity contribution >= 4 is 23.4 Å². The van der Waals surface area contributed by atoms with E-state index in [1.54, 1.807) is 25.1 Å². The van der Waals surface area contributed by atoms with Crippen molar-refractivity contribution in [2.24, 2.45) is 0 Å². The van der Waals surface area contributed by atoms with Crippen LogP contribution in [0, 0.1) is 13.8 Å². The van der Waals surface area contributed by atoms with Gasteiger partial charge in [-0.15, -0.1) is 4.48 Å². The van der Waals surface area contributed by atoms with E-state index in [0.29, 0.717) is 35.7 Å². The maximum Gasteiger partial charge on any atom is 0.529 e. The third-order valence-electron chi connectivity index (χ3n) is 6.03. The summed E-state index contributed by atoms with van der Waals surface area (Å²) >= 11 is 0. The Kier molecular flexibility index (Phi) is 5.15. The Morgan fingerprint density at radius 2 is 1.83 bits per heavy atom. The molecule has 2 aliphatic heterocycles. The number of carbonyl (C=O) groups excluding carboxylic acids is 2. The number of carbonyl (C=O) groups is 2. The summed E-state index contributed by atoms with van der Waals surface area (Å²) in [6, 6.07) is 8.67. The first-order chi connectivity index (χ1) is 14.4. The summed E-state index contributed by atoms with van der Waals surface area (Å²) in [5, 5.41) is 3.41. The van der Waals surface area contributed by atoms with Crippen molar-refractivity contribution in [3.05, 3.63) is 47.0 Å². The molecular weight excluding hydrogens is 384 g/mol. The monoisotopic (exact) mass is 411 g/mol. The summed E-state index contributed by atoms with van der Waals surface area (Å²) in [4.78, 5) is 27.7. The van der Waals surface area contributed by atoms with E-state index >= 15 is 0 Å². The van der Waals surface area contributed by atoms with Crippen LogP contribution >= 0.6 is 0 Å². The van der Waals surface area contributed by atoms with Gasteiger partial charge in [0.05, 0.1) is 24.4 Å². The molecular formula is C23H27N2O5+. The van der Waals surface area contributed by atoms with Crippen LogP contribution in [0.2, 0.25) is 0 Å². The summed E-state index contributed by atoms with van der Waals surface area (Å²) in [6.45, 7) is 8.53. The second kappa shape index (κ2) is 7.65. The van der Waals surface area contributed by atoms with Gasteiger partial charge in [-0.05, 0) is 56.5 Å². The smallest absolute Gasteiger partial charge is 0.454 e. The van der Waals surface area contributed by atoms with Crippen molar-refractivity contribution in [2.75, 3.05) is 25.3 Å². The molecule has 4 rings (SSSR count). The van der Waals surface area contributed by atoms with Crippen molar-refractivity contribution in [3.63, 3.8) is 0 Å². The number of ether oxygens (including phenoxy) is 3. The molecule has 30 heavy (non-hydrogen) atoms. The van der Waals surface area contributed by atoms with Crippen molar-refractivity contribution in [2.45, 2.75) is 40.2 Å². The number of anilines is 1. The van der Waals surface area contributed by atoms with Gasteiger partial charge in [-0.25, -0.2) is 4.79 Å². The molecule has 7 nitrogen and oxygen atoms in total. The molecule has 2 aromatic carbocycles. The first kappa shape index (κ1) is 20.2. The van der Waals surface area contributed by atoms with Crippen LogP contribution < -0.4 is 19.3 Å². The van der Waals surface area contributed by atoms with E-state index in [2.05, 4.69) is 5.32 Å². The summed E-state index contributed by atoms with van der Waals surface area (Å²) in [6.07, 6.45) is 0.0621. The first-order valence-corrected chi connectivity index (χ1v) is 10.3. The third-order valence-corrected chi connectivity index (χ3v) is 6.03. The van der Waals surface area contributed by atoms with Gasteiger partial charge in [0, 0.05) is 12.1 Å². The van der Waals surface area contributed by atoms with E-state index in [1.165, 1.54) is 0 Å². The SMILES string of the molecule is CCOC(=O)[N+]1(C(=O)c2ccc3c(c2)OCO3)c2cc(C)c(C)cc2NCC1CC. The topological polar surface area (TPSA) is 73.9 Å². The maximum absolute atomic E-state index is 14.1. The summed E-state index contributed by atoms with van der Waals surface area (Å²) in [5.74, 6) is 0.768. The number of fused-ring (bicyclic) bond motifs is 2. The molecule has 0 saturated carbocycles. The van der Waals surface area contributed by atoms with Crippen LogP contribution in [-0.2, 0) is 4.74 Å². The molecule has 2 amide bonds. The second-order valence-electron chi connectivity index (χ2n) is 7.69. The first-order valence-electron chi connectivity index (χ1n) is 10.3. The Hall–Kier alpha value is -3.06. The number of nitrogens with one attached hydrogen (secondary N) is 1. The Balaban J connectivity index is 1.96. The van der Waals surface area contributed by atoms with Crippen LogP contribution in [-0.4, -0.2) is 38.0 Å². The van der Waals surface area contributed by atoms with Crippen LogP contribution in [0.4, 0.5) is 16.2 Å². The highest BCUT2D eigenvalue weighted by atomic mass is 16.7. The van der Waals surface area contributed by atoms with E-state index in [-0.39, 0.29) is 25.3 Å². The lowest BCUT2D eigenvalue weighted by molar-refractivity contribution is 0.0593. The van der Waals surface area contributed by atoms with Gasteiger partial charge in [-0.2, -0.15) is 4.79 Å². The molecule has 2 aliphatic rings. The van der Waals surface area contributed by atoms with E-state index in [1.807, 2.05) is 32.9 Å². The lowest BCUT2D eigenvalue weighted by Gasteiger charge is -2.42. The number of hydrogen-bond donors (Lipinski definition) is 1. The average molecular weight is 411 g/mol. The predicted molar refractivity (Wildman–Crippen MR) is 114 cm³/mol. The molecule has 0 fully saturated rings. The fraction of sp³-hybridized carbons (Fsp3) is 0.391.